The first-order valence-corrected chi connectivity index (χ1v) is 5.18. The third-order valence-corrected chi connectivity index (χ3v) is 2.93. The van der Waals surface area contributed by atoms with Crippen LogP contribution in [0.15, 0.2) is 4.40 Å². The van der Waals surface area contributed by atoms with Gasteiger partial charge in [-0.2, -0.15) is 4.40 Å². The van der Waals surface area contributed by atoms with Gasteiger partial charge in [0.15, 0.2) is 5.67 Å². The minimum absolute atomic E-state index is 0.0256. The molecule has 0 saturated carbocycles. The summed E-state index contributed by atoms with van der Waals surface area (Å²) in [5.41, 5.74) is -1.49. The van der Waals surface area contributed by atoms with Crippen molar-refractivity contribution < 1.29 is 13.3 Å². The Bertz CT molecular complexity index is 243. The van der Waals surface area contributed by atoms with E-state index in [0.29, 0.717) is 0 Å². The van der Waals surface area contributed by atoms with Crippen LogP contribution in [0.5, 0.6) is 0 Å². The van der Waals surface area contributed by atoms with Gasteiger partial charge in [-0.05, 0) is 20.8 Å². The molecule has 1 aliphatic rings. The van der Waals surface area contributed by atoms with Gasteiger partial charge in [-0.3, -0.25) is 0 Å². The van der Waals surface area contributed by atoms with E-state index >= 15 is 0 Å². The van der Waals surface area contributed by atoms with Crippen LogP contribution < -0.4 is 0 Å². The zero-order valence-corrected chi connectivity index (χ0v) is 8.86. The lowest BCUT2D eigenvalue weighted by Crippen LogP contribution is -2.47. The molecule has 1 aliphatic heterocycles. The van der Waals surface area contributed by atoms with Crippen molar-refractivity contribution in [3.8, 4) is 0 Å². The van der Waals surface area contributed by atoms with Gasteiger partial charge < -0.3 is 4.74 Å². The molecule has 0 N–H and O–H groups in total. The third kappa shape index (κ3) is 2.84. The molecule has 1 fully saturated rings. The van der Waals surface area contributed by atoms with Gasteiger partial charge in [-0.25, -0.2) is 8.60 Å². The van der Waals surface area contributed by atoms with E-state index in [1.807, 2.05) is 0 Å². The van der Waals surface area contributed by atoms with Crippen LogP contribution in [0.4, 0.5) is 4.39 Å². The van der Waals surface area contributed by atoms with Crippen LogP contribution in [-0.2, 0) is 15.7 Å². The molecule has 0 unspecified atom stereocenters. The van der Waals surface area contributed by atoms with Crippen molar-refractivity contribution in [3.63, 3.8) is 0 Å². The minimum atomic E-state index is -1.49. The maximum atomic E-state index is 13.2. The lowest BCUT2D eigenvalue weighted by Gasteiger charge is -2.29. The summed E-state index contributed by atoms with van der Waals surface area (Å²) in [7, 11) is -1.38. The molecular weight excluding hydrogens is 193 g/mol. The monoisotopic (exact) mass is 207 g/mol. The largest absolute Gasteiger partial charge is 0.374 e. The summed E-state index contributed by atoms with van der Waals surface area (Å²) < 4.78 is 32.5. The molecule has 3 nitrogen and oxygen atoms in total. The van der Waals surface area contributed by atoms with Gasteiger partial charge in [0.25, 0.3) is 0 Å². The Kier molecular flexibility index (Phi) is 2.87. The van der Waals surface area contributed by atoms with Crippen molar-refractivity contribution in [2.45, 2.75) is 31.2 Å². The summed E-state index contributed by atoms with van der Waals surface area (Å²) in [6, 6.07) is 0. The number of rotatable bonds is 2. The van der Waals surface area contributed by atoms with Gasteiger partial charge in [0.2, 0.25) is 0 Å². The first kappa shape index (κ1) is 10.8. The van der Waals surface area contributed by atoms with Gasteiger partial charge in [0.05, 0.1) is 24.2 Å². The Labute approximate surface area is 80.0 Å². The van der Waals surface area contributed by atoms with Crippen LogP contribution in [-0.4, -0.2) is 34.1 Å². The normalized spacial score (nSPS) is 24.3. The second-order valence-electron chi connectivity index (χ2n) is 4.12. The highest BCUT2D eigenvalue weighted by Gasteiger charge is 2.37. The van der Waals surface area contributed by atoms with Crippen molar-refractivity contribution >= 4 is 17.2 Å². The summed E-state index contributed by atoms with van der Waals surface area (Å²) in [5.74, 6) is 0. The molecule has 1 rings (SSSR count). The number of nitrogens with zero attached hydrogens (tertiary/aromatic N) is 1. The molecule has 0 aromatic heterocycles. The fraction of sp³-hybridized carbons (Fsp3) is 0.875. The fourth-order valence-corrected chi connectivity index (χ4v) is 1.27. The lowest BCUT2D eigenvalue weighted by molar-refractivity contribution is -0.0839. The van der Waals surface area contributed by atoms with E-state index in [1.54, 1.807) is 20.8 Å². The molecule has 0 spiro atoms. The van der Waals surface area contributed by atoms with E-state index in [-0.39, 0.29) is 13.2 Å². The van der Waals surface area contributed by atoms with Crippen LogP contribution in [0.1, 0.15) is 20.8 Å². The van der Waals surface area contributed by atoms with Crippen molar-refractivity contribution in [3.05, 3.63) is 0 Å². The highest BCUT2D eigenvalue weighted by atomic mass is 32.2. The quantitative estimate of drug-likeness (QED) is 0.639. The molecule has 1 saturated heterocycles. The molecule has 0 amide bonds. The van der Waals surface area contributed by atoms with E-state index < -0.39 is 21.4 Å². The van der Waals surface area contributed by atoms with Crippen molar-refractivity contribution in [1.29, 1.82) is 0 Å². The molecule has 5 heteroatoms. The van der Waals surface area contributed by atoms with Gasteiger partial charge in [0, 0.05) is 0 Å². The van der Waals surface area contributed by atoms with Gasteiger partial charge in [-0.15, -0.1) is 0 Å². The SMILES string of the molecule is CC(C)(C)[S@@](=O)N=CC1(F)COC1. The fourth-order valence-electron chi connectivity index (χ4n) is 0.672. The van der Waals surface area contributed by atoms with Crippen molar-refractivity contribution in [2.75, 3.05) is 13.2 Å². The van der Waals surface area contributed by atoms with Crippen LogP contribution >= 0.6 is 0 Å². The van der Waals surface area contributed by atoms with Gasteiger partial charge in [-0.1, -0.05) is 0 Å². The molecule has 76 valence electrons. The van der Waals surface area contributed by atoms with Crippen molar-refractivity contribution in [1.82, 2.24) is 0 Å². The van der Waals surface area contributed by atoms with Crippen LogP contribution in [0, 0.1) is 0 Å². The summed E-state index contributed by atoms with van der Waals surface area (Å²) in [4.78, 5) is 0. The third-order valence-electron chi connectivity index (χ3n) is 1.59. The average Bonchev–Trinajstić information content (AvgIpc) is 1.94. The number of hydrogen-bond donors (Lipinski definition) is 0. The Balaban J connectivity index is 2.53. The second-order valence-corrected chi connectivity index (χ2v) is 6.06. The average molecular weight is 207 g/mol. The number of halogens is 1. The molecule has 0 aromatic rings. The molecule has 0 aliphatic carbocycles. The predicted molar refractivity (Wildman–Crippen MR) is 51.0 cm³/mol. The summed E-state index contributed by atoms with van der Waals surface area (Å²) >= 11 is 0. The topological polar surface area (TPSA) is 38.7 Å². The lowest BCUT2D eigenvalue weighted by atomic mass is 10.1. The molecule has 1 atom stereocenters. The summed E-state index contributed by atoms with van der Waals surface area (Å²) in [6.45, 7) is 5.43. The Morgan fingerprint density at radius 1 is 1.54 bits per heavy atom. The smallest absolute Gasteiger partial charge is 0.192 e. The van der Waals surface area contributed by atoms with E-state index in [2.05, 4.69) is 4.40 Å². The highest BCUT2D eigenvalue weighted by molar-refractivity contribution is 7.85. The van der Waals surface area contributed by atoms with E-state index in [1.165, 1.54) is 0 Å². The second kappa shape index (κ2) is 3.46. The van der Waals surface area contributed by atoms with Gasteiger partial charge in [0.1, 0.15) is 11.0 Å². The molecule has 1 heterocycles. The van der Waals surface area contributed by atoms with Gasteiger partial charge >= 0.3 is 0 Å². The van der Waals surface area contributed by atoms with E-state index in [9.17, 15) is 8.60 Å². The Hall–Kier alpha value is -0.290. The van der Waals surface area contributed by atoms with Crippen molar-refractivity contribution in [2.24, 2.45) is 4.40 Å². The maximum Gasteiger partial charge on any atom is 0.192 e. The molecule has 0 aromatic carbocycles. The molecule has 13 heavy (non-hydrogen) atoms. The zero-order chi connectivity index (χ0) is 10.1. The number of alkyl halides is 1. The Morgan fingerprint density at radius 2 is 2.08 bits per heavy atom. The van der Waals surface area contributed by atoms with Crippen LogP contribution in [0.2, 0.25) is 0 Å². The molecule has 0 bridgehead atoms. The summed E-state index contributed by atoms with van der Waals surface area (Å²) in [5, 5.41) is 0. The van der Waals surface area contributed by atoms with Crippen LogP contribution in [0.25, 0.3) is 0 Å². The van der Waals surface area contributed by atoms with E-state index in [4.69, 9.17) is 4.74 Å². The first-order valence-electron chi connectivity index (χ1n) is 4.07. The number of hydrogen-bond acceptors (Lipinski definition) is 2. The Morgan fingerprint density at radius 3 is 2.38 bits per heavy atom. The zero-order valence-electron chi connectivity index (χ0n) is 8.04. The minimum Gasteiger partial charge on any atom is -0.374 e. The molecule has 0 radical (unpaired) electrons. The predicted octanol–water partition coefficient (Wildman–Crippen LogP) is 1.26. The first-order chi connectivity index (χ1) is 5.83. The van der Waals surface area contributed by atoms with Crippen LogP contribution in [0.3, 0.4) is 0 Å². The molecular formula is C8H14FNO2S. The maximum absolute atomic E-state index is 13.2. The highest BCUT2D eigenvalue weighted by Crippen LogP contribution is 2.20. The standard InChI is InChI=1S/C8H14FNO2S/c1-7(2,3)13(11)10-4-8(9)5-12-6-8/h4H,5-6H2,1-3H3/t13-/m1/s1. The summed E-state index contributed by atoms with van der Waals surface area (Å²) in [6.07, 6.45) is 1.11. The van der Waals surface area contributed by atoms with E-state index in [0.717, 1.165) is 6.21 Å². The number of ether oxygens (including phenoxy) is 1.